The first-order chi connectivity index (χ1) is 6.93. The van der Waals surface area contributed by atoms with Crippen molar-refractivity contribution in [2.24, 2.45) is 0 Å². The van der Waals surface area contributed by atoms with E-state index in [9.17, 15) is 13.8 Å². The van der Waals surface area contributed by atoms with Crippen LogP contribution in [0.25, 0.3) is 0 Å². The summed E-state index contributed by atoms with van der Waals surface area (Å²) in [5, 5.41) is 10.9. The molecule has 2 N–H and O–H groups in total. The second kappa shape index (κ2) is 7.22. The Hall–Kier alpha value is -1.11. The zero-order valence-electron chi connectivity index (χ0n) is 8.86. The molecule has 0 fully saturated rings. The fourth-order valence-corrected chi connectivity index (χ4v) is 1.19. The molecule has 0 aromatic rings. The largest absolute Gasteiger partial charge is 0.481 e. The third kappa shape index (κ3) is 7.92. The monoisotopic (exact) mass is 236 g/mol. The third-order valence-electron chi connectivity index (χ3n) is 1.67. The molecule has 0 heterocycles. The van der Waals surface area contributed by atoms with Crippen LogP contribution in [-0.2, 0) is 15.6 Å². The molecule has 0 bridgehead atoms. The van der Waals surface area contributed by atoms with Crippen LogP contribution in [0, 0.1) is 0 Å². The molecule has 0 aliphatic heterocycles. The van der Waals surface area contributed by atoms with Gasteiger partial charge in [-0.3, -0.25) is 9.00 Å². The van der Waals surface area contributed by atoms with Crippen LogP contribution in [0.4, 0.5) is 4.79 Å². The van der Waals surface area contributed by atoms with Crippen LogP contribution in [0.15, 0.2) is 0 Å². The van der Waals surface area contributed by atoms with E-state index in [4.69, 9.17) is 5.11 Å². The van der Waals surface area contributed by atoms with Gasteiger partial charge in [0.1, 0.15) is 0 Å². The Balaban J connectivity index is 3.69. The Labute approximate surface area is 91.1 Å². The van der Waals surface area contributed by atoms with Crippen molar-refractivity contribution in [1.82, 2.24) is 10.2 Å². The maximum Gasteiger partial charge on any atom is 0.317 e. The van der Waals surface area contributed by atoms with E-state index in [1.54, 1.807) is 6.26 Å². The van der Waals surface area contributed by atoms with Crippen LogP contribution in [0.2, 0.25) is 0 Å². The van der Waals surface area contributed by atoms with Gasteiger partial charge in [-0.15, -0.1) is 0 Å². The number of hydrogen-bond donors (Lipinski definition) is 2. The highest BCUT2D eigenvalue weighted by atomic mass is 32.2. The Bertz CT molecular complexity index is 257. The smallest absolute Gasteiger partial charge is 0.317 e. The molecule has 7 heteroatoms. The van der Waals surface area contributed by atoms with Crippen molar-refractivity contribution in [3.8, 4) is 0 Å². The Kier molecular flexibility index (Phi) is 6.68. The van der Waals surface area contributed by atoms with Crippen LogP contribution in [0.1, 0.15) is 6.42 Å². The number of carboxylic acid groups (broad SMARTS) is 1. The third-order valence-corrected chi connectivity index (χ3v) is 2.45. The van der Waals surface area contributed by atoms with Crippen molar-refractivity contribution >= 4 is 22.8 Å². The molecule has 0 radical (unpaired) electrons. The van der Waals surface area contributed by atoms with E-state index >= 15 is 0 Å². The predicted octanol–water partition coefficient (Wildman–Crippen LogP) is -0.519. The summed E-state index contributed by atoms with van der Waals surface area (Å²) in [4.78, 5) is 22.8. The first-order valence-electron chi connectivity index (χ1n) is 4.44. The lowest BCUT2D eigenvalue weighted by atomic mass is 10.4. The molecular formula is C8H16N2O4S. The van der Waals surface area contributed by atoms with Crippen molar-refractivity contribution in [2.45, 2.75) is 6.42 Å². The SMILES string of the molecule is CN(CCC(=O)O)C(=O)NCCS(C)=O. The van der Waals surface area contributed by atoms with Gasteiger partial charge in [0, 0.05) is 42.9 Å². The van der Waals surface area contributed by atoms with Gasteiger partial charge in [-0.25, -0.2) is 4.79 Å². The summed E-state index contributed by atoms with van der Waals surface area (Å²) in [5.41, 5.74) is 0. The normalized spacial score (nSPS) is 11.9. The molecule has 0 aliphatic rings. The maximum atomic E-state index is 11.3. The molecule has 1 unspecified atom stereocenters. The molecule has 15 heavy (non-hydrogen) atoms. The van der Waals surface area contributed by atoms with Crippen LogP contribution in [0.3, 0.4) is 0 Å². The van der Waals surface area contributed by atoms with Crippen LogP contribution in [0.5, 0.6) is 0 Å². The van der Waals surface area contributed by atoms with Gasteiger partial charge in [0.2, 0.25) is 0 Å². The second-order valence-corrected chi connectivity index (χ2v) is 4.63. The van der Waals surface area contributed by atoms with Gasteiger partial charge >= 0.3 is 12.0 Å². The molecule has 0 rings (SSSR count). The highest BCUT2D eigenvalue weighted by Gasteiger charge is 2.09. The average Bonchev–Trinajstić information content (AvgIpc) is 2.13. The van der Waals surface area contributed by atoms with Gasteiger partial charge in [-0.2, -0.15) is 0 Å². The molecule has 0 spiro atoms. The molecule has 0 saturated carbocycles. The first-order valence-corrected chi connectivity index (χ1v) is 6.17. The molecule has 0 aromatic heterocycles. The van der Waals surface area contributed by atoms with Crippen LogP contribution >= 0.6 is 0 Å². The molecule has 0 saturated heterocycles. The predicted molar refractivity (Wildman–Crippen MR) is 57.2 cm³/mol. The quantitative estimate of drug-likeness (QED) is 0.649. The Morgan fingerprint density at radius 3 is 2.53 bits per heavy atom. The zero-order valence-corrected chi connectivity index (χ0v) is 9.67. The van der Waals surface area contributed by atoms with Crippen LogP contribution in [-0.4, -0.2) is 58.4 Å². The summed E-state index contributed by atoms with van der Waals surface area (Å²) in [6.45, 7) is 0.496. The van der Waals surface area contributed by atoms with E-state index in [-0.39, 0.29) is 19.0 Å². The lowest BCUT2D eigenvalue weighted by molar-refractivity contribution is -0.137. The Morgan fingerprint density at radius 1 is 1.47 bits per heavy atom. The summed E-state index contributed by atoms with van der Waals surface area (Å²) < 4.78 is 10.7. The zero-order chi connectivity index (χ0) is 11.8. The minimum absolute atomic E-state index is 0.0797. The van der Waals surface area contributed by atoms with Gasteiger partial charge in [0.15, 0.2) is 0 Å². The van der Waals surface area contributed by atoms with E-state index in [1.807, 2.05) is 0 Å². The minimum atomic E-state index is -0.940. The number of rotatable bonds is 6. The van der Waals surface area contributed by atoms with Gasteiger partial charge in [-0.05, 0) is 0 Å². The number of amides is 2. The van der Waals surface area contributed by atoms with Crippen molar-refractivity contribution in [2.75, 3.05) is 32.1 Å². The molecule has 88 valence electrons. The minimum Gasteiger partial charge on any atom is -0.481 e. The van der Waals surface area contributed by atoms with E-state index in [2.05, 4.69) is 5.32 Å². The van der Waals surface area contributed by atoms with Crippen molar-refractivity contribution in [3.05, 3.63) is 0 Å². The van der Waals surface area contributed by atoms with E-state index in [0.717, 1.165) is 0 Å². The van der Waals surface area contributed by atoms with E-state index in [0.29, 0.717) is 12.3 Å². The van der Waals surface area contributed by atoms with Gasteiger partial charge in [-0.1, -0.05) is 0 Å². The molecule has 6 nitrogen and oxygen atoms in total. The second-order valence-electron chi connectivity index (χ2n) is 3.07. The maximum absolute atomic E-state index is 11.3. The Morgan fingerprint density at radius 2 is 2.07 bits per heavy atom. The lowest BCUT2D eigenvalue weighted by Crippen LogP contribution is -2.39. The first kappa shape index (κ1) is 13.9. The topological polar surface area (TPSA) is 86.7 Å². The van der Waals surface area contributed by atoms with Gasteiger partial charge in [0.05, 0.1) is 6.42 Å². The number of urea groups is 1. The van der Waals surface area contributed by atoms with Gasteiger partial charge in [0.25, 0.3) is 0 Å². The summed E-state index contributed by atoms with van der Waals surface area (Å²) in [7, 11) is 0.581. The number of carbonyl (C=O) groups excluding carboxylic acids is 1. The molecule has 0 aromatic carbocycles. The van der Waals surface area contributed by atoms with Crippen LogP contribution < -0.4 is 5.32 Å². The van der Waals surface area contributed by atoms with Gasteiger partial charge < -0.3 is 15.3 Å². The number of nitrogens with zero attached hydrogens (tertiary/aromatic N) is 1. The lowest BCUT2D eigenvalue weighted by Gasteiger charge is -2.16. The average molecular weight is 236 g/mol. The number of nitrogens with one attached hydrogen (secondary N) is 1. The molecule has 2 amide bonds. The van der Waals surface area contributed by atoms with Crippen molar-refractivity contribution in [1.29, 1.82) is 0 Å². The number of carbonyl (C=O) groups is 2. The van der Waals surface area contributed by atoms with E-state index in [1.165, 1.54) is 11.9 Å². The molecular weight excluding hydrogens is 220 g/mol. The molecule has 1 atom stereocenters. The fourth-order valence-electron chi connectivity index (χ4n) is 0.802. The van der Waals surface area contributed by atoms with Crippen molar-refractivity contribution in [3.63, 3.8) is 0 Å². The molecule has 0 aliphatic carbocycles. The summed E-state index contributed by atoms with van der Waals surface area (Å²) >= 11 is 0. The number of carboxylic acids is 1. The standard InChI is InChI=1S/C8H16N2O4S/c1-10(5-3-7(11)12)8(13)9-4-6-15(2)14/h3-6H2,1-2H3,(H,9,13)(H,11,12). The fraction of sp³-hybridized carbons (Fsp3) is 0.750. The highest BCUT2D eigenvalue weighted by molar-refractivity contribution is 7.84. The highest BCUT2D eigenvalue weighted by Crippen LogP contribution is 1.88. The van der Waals surface area contributed by atoms with E-state index < -0.39 is 16.8 Å². The summed E-state index contributed by atoms with van der Waals surface area (Å²) in [6.07, 6.45) is 1.48. The summed E-state index contributed by atoms with van der Waals surface area (Å²) in [6, 6.07) is -0.346. The van der Waals surface area contributed by atoms with Crippen molar-refractivity contribution < 1.29 is 18.9 Å². The number of hydrogen-bond acceptors (Lipinski definition) is 3. The summed E-state index contributed by atoms with van der Waals surface area (Å²) in [5.74, 6) is -0.539. The number of aliphatic carboxylic acids is 1.